The van der Waals surface area contributed by atoms with Gasteiger partial charge in [0.15, 0.2) is 0 Å². The van der Waals surface area contributed by atoms with Crippen LogP contribution in [0.25, 0.3) is 0 Å². The first-order valence-electron chi connectivity index (χ1n) is 7.54. The third kappa shape index (κ3) is 5.08. The fraction of sp³-hybridized carbons (Fsp3) is 0.875. The van der Waals surface area contributed by atoms with Crippen molar-refractivity contribution in [2.24, 2.45) is 0 Å². The number of esters is 1. The highest BCUT2D eigenvalue weighted by Gasteiger charge is 2.45. The second-order valence-corrected chi connectivity index (χ2v) is 7.17. The smallest absolute Gasteiger partial charge is 0.307 e. The molecule has 0 spiro atoms. The molecule has 1 aliphatic heterocycles. The van der Waals surface area contributed by atoms with Crippen LogP contribution in [0.15, 0.2) is 0 Å². The summed E-state index contributed by atoms with van der Waals surface area (Å²) in [7, 11) is 1.74. The predicted octanol–water partition coefficient (Wildman–Crippen LogP) is 2.52. The van der Waals surface area contributed by atoms with E-state index in [1.807, 2.05) is 0 Å². The van der Waals surface area contributed by atoms with Gasteiger partial charge in [-0.25, -0.2) is 0 Å². The van der Waals surface area contributed by atoms with E-state index in [-0.39, 0.29) is 48.5 Å². The van der Waals surface area contributed by atoms with E-state index in [1.165, 1.54) is 6.92 Å². The Morgan fingerprint density at radius 2 is 1.62 bits per heavy atom. The lowest BCUT2D eigenvalue weighted by atomic mass is 9.78. The Hall–Kier alpha value is -0.940. The number of ether oxygens (including phenoxy) is 2. The Labute approximate surface area is 128 Å². The highest BCUT2D eigenvalue weighted by atomic mass is 16.5. The molecule has 0 amide bonds. The third-order valence-corrected chi connectivity index (χ3v) is 4.28. The molecule has 1 saturated heterocycles. The number of methoxy groups -OCH3 is 1. The van der Waals surface area contributed by atoms with Gasteiger partial charge in [0.1, 0.15) is 12.5 Å². The maximum absolute atomic E-state index is 11.7. The van der Waals surface area contributed by atoms with Gasteiger partial charge in [0.2, 0.25) is 0 Å². The third-order valence-electron chi connectivity index (χ3n) is 4.28. The number of nitrogens with zero attached hydrogens (tertiary/aromatic N) is 1. The largest absolute Gasteiger partial charge is 0.449 e. The zero-order valence-corrected chi connectivity index (χ0v) is 14.2. The van der Waals surface area contributed by atoms with E-state index in [0.717, 1.165) is 12.8 Å². The summed E-state index contributed by atoms with van der Waals surface area (Å²) in [5.41, 5.74) is -0.216. The van der Waals surface area contributed by atoms with E-state index in [1.54, 1.807) is 7.11 Å². The van der Waals surface area contributed by atoms with E-state index >= 15 is 0 Å². The molecule has 5 heteroatoms. The maximum Gasteiger partial charge on any atom is 0.307 e. The van der Waals surface area contributed by atoms with Crippen LogP contribution in [-0.4, -0.2) is 47.7 Å². The van der Waals surface area contributed by atoms with Crippen LogP contribution < -0.4 is 0 Å². The maximum atomic E-state index is 11.7. The monoisotopic (exact) mass is 299 g/mol. The molecular formula is C16H29NO4. The minimum atomic E-state index is -0.314. The van der Waals surface area contributed by atoms with E-state index in [9.17, 15) is 9.59 Å². The summed E-state index contributed by atoms with van der Waals surface area (Å²) in [6.45, 7) is 10.3. The highest BCUT2D eigenvalue weighted by Crippen LogP contribution is 2.39. The van der Waals surface area contributed by atoms with E-state index < -0.39 is 0 Å². The van der Waals surface area contributed by atoms with Crippen LogP contribution in [0, 0.1) is 0 Å². The average molecular weight is 299 g/mol. The van der Waals surface area contributed by atoms with E-state index in [2.05, 4.69) is 32.6 Å². The van der Waals surface area contributed by atoms with Gasteiger partial charge >= 0.3 is 5.97 Å². The molecule has 0 atom stereocenters. The second-order valence-electron chi connectivity index (χ2n) is 7.17. The number of carbonyl (C=O) groups excluding carboxylic acids is 2. The molecule has 0 N–H and O–H groups in total. The Balaban J connectivity index is 2.63. The van der Waals surface area contributed by atoms with Crippen molar-refractivity contribution in [2.75, 3.05) is 13.8 Å². The molecular weight excluding hydrogens is 270 g/mol. The van der Waals surface area contributed by atoms with Crippen molar-refractivity contribution in [3.05, 3.63) is 0 Å². The molecule has 0 aromatic heterocycles. The van der Waals surface area contributed by atoms with Gasteiger partial charge in [-0.05, 0) is 47.5 Å². The molecule has 21 heavy (non-hydrogen) atoms. The highest BCUT2D eigenvalue weighted by molar-refractivity contribution is 5.80. The molecule has 0 saturated carbocycles. The topological polar surface area (TPSA) is 55.8 Å². The molecule has 122 valence electrons. The summed E-state index contributed by atoms with van der Waals surface area (Å²) in [5, 5.41) is 0. The fourth-order valence-electron chi connectivity index (χ4n) is 3.23. The molecule has 0 bridgehead atoms. The Kier molecular flexibility index (Phi) is 5.93. The standard InChI is InChI=1S/C16H29NO4/c1-12(18)7-8-14(19)21-11-17-15(2,3)9-13(20-6)10-16(17,4)5/h13H,7-11H2,1-6H3. The van der Waals surface area contributed by atoms with Gasteiger partial charge in [-0.1, -0.05) is 0 Å². The quantitative estimate of drug-likeness (QED) is 0.705. The zero-order chi connectivity index (χ0) is 16.3. The van der Waals surface area contributed by atoms with Crippen molar-refractivity contribution < 1.29 is 19.1 Å². The van der Waals surface area contributed by atoms with Crippen LogP contribution in [0.4, 0.5) is 0 Å². The molecule has 0 aromatic rings. The van der Waals surface area contributed by atoms with Gasteiger partial charge in [0.05, 0.1) is 12.5 Å². The second kappa shape index (κ2) is 6.88. The first kappa shape index (κ1) is 18.1. The predicted molar refractivity (Wildman–Crippen MR) is 80.9 cm³/mol. The average Bonchev–Trinajstić information content (AvgIpc) is 2.33. The van der Waals surface area contributed by atoms with Crippen LogP contribution in [0.3, 0.4) is 0 Å². The number of hydrogen-bond donors (Lipinski definition) is 0. The SMILES string of the molecule is COC1CC(C)(C)N(COC(=O)CCC(C)=O)C(C)(C)C1. The number of piperidine rings is 1. The van der Waals surface area contributed by atoms with Crippen LogP contribution >= 0.6 is 0 Å². The van der Waals surface area contributed by atoms with Crippen LogP contribution in [0.2, 0.25) is 0 Å². The number of rotatable bonds is 6. The van der Waals surface area contributed by atoms with E-state index in [4.69, 9.17) is 9.47 Å². The van der Waals surface area contributed by atoms with Crippen molar-refractivity contribution in [3.8, 4) is 0 Å². The van der Waals surface area contributed by atoms with Crippen molar-refractivity contribution in [2.45, 2.75) is 77.5 Å². The molecule has 0 aromatic carbocycles. The molecule has 0 aliphatic carbocycles. The van der Waals surface area contributed by atoms with Crippen molar-refractivity contribution in [1.82, 2.24) is 4.90 Å². The van der Waals surface area contributed by atoms with Crippen molar-refractivity contribution in [1.29, 1.82) is 0 Å². The van der Waals surface area contributed by atoms with Crippen molar-refractivity contribution in [3.63, 3.8) is 0 Å². The molecule has 5 nitrogen and oxygen atoms in total. The molecule has 1 fully saturated rings. The number of carbonyl (C=O) groups is 2. The van der Waals surface area contributed by atoms with Crippen LogP contribution in [-0.2, 0) is 19.1 Å². The normalized spacial score (nSPS) is 22.0. The molecule has 1 aliphatic rings. The number of hydrogen-bond acceptors (Lipinski definition) is 5. The molecule has 0 radical (unpaired) electrons. The Morgan fingerprint density at radius 3 is 2.05 bits per heavy atom. The summed E-state index contributed by atoms with van der Waals surface area (Å²) in [6, 6.07) is 0. The molecule has 0 unspecified atom stereocenters. The van der Waals surface area contributed by atoms with Gasteiger partial charge in [-0.2, -0.15) is 0 Å². The molecule has 1 heterocycles. The van der Waals surface area contributed by atoms with Crippen LogP contribution in [0.5, 0.6) is 0 Å². The van der Waals surface area contributed by atoms with Crippen molar-refractivity contribution >= 4 is 11.8 Å². The zero-order valence-electron chi connectivity index (χ0n) is 14.2. The van der Waals surface area contributed by atoms with Gasteiger partial charge in [-0.3, -0.25) is 9.69 Å². The van der Waals surface area contributed by atoms with Gasteiger partial charge < -0.3 is 14.3 Å². The lowest BCUT2D eigenvalue weighted by molar-refractivity contribution is -0.167. The minimum Gasteiger partial charge on any atom is -0.449 e. The summed E-state index contributed by atoms with van der Waals surface area (Å²) in [4.78, 5) is 24.8. The van der Waals surface area contributed by atoms with Gasteiger partial charge in [0.25, 0.3) is 0 Å². The van der Waals surface area contributed by atoms with Gasteiger partial charge in [0, 0.05) is 24.6 Å². The summed E-state index contributed by atoms with van der Waals surface area (Å²) in [5.74, 6) is -0.306. The summed E-state index contributed by atoms with van der Waals surface area (Å²) < 4.78 is 10.9. The Bertz CT molecular complexity index is 372. The number of ketones is 1. The number of likely N-dealkylation sites (tertiary alicyclic amines) is 1. The summed E-state index contributed by atoms with van der Waals surface area (Å²) in [6.07, 6.45) is 2.43. The number of Topliss-reactive ketones (excluding diaryl/α,β-unsaturated/α-hetero) is 1. The molecule has 1 rings (SSSR count). The first-order valence-corrected chi connectivity index (χ1v) is 7.54. The fourth-order valence-corrected chi connectivity index (χ4v) is 3.23. The lowest BCUT2D eigenvalue weighted by Crippen LogP contribution is -2.62. The first-order chi connectivity index (χ1) is 9.58. The van der Waals surface area contributed by atoms with E-state index in [0.29, 0.717) is 0 Å². The van der Waals surface area contributed by atoms with Gasteiger partial charge in [-0.15, -0.1) is 0 Å². The van der Waals surface area contributed by atoms with Crippen LogP contribution in [0.1, 0.15) is 60.3 Å². The Morgan fingerprint density at radius 1 is 1.10 bits per heavy atom. The lowest BCUT2D eigenvalue weighted by Gasteiger charge is -2.54. The minimum absolute atomic E-state index is 0.00789. The summed E-state index contributed by atoms with van der Waals surface area (Å²) >= 11 is 0.